The van der Waals surface area contributed by atoms with Crippen molar-refractivity contribution in [2.75, 3.05) is 6.61 Å². The van der Waals surface area contributed by atoms with E-state index in [1.807, 2.05) is 0 Å². The van der Waals surface area contributed by atoms with Crippen molar-refractivity contribution in [2.45, 2.75) is 31.3 Å². The fourth-order valence-electron chi connectivity index (χ4n) is 1.18. The molecule has 0 radical (unpaired) electrons. The molecule has 0 unspecified atom stereocenters. The van der Waals surface area contributed by atoms with Crippen LogP contribution in [0.25, 0.3) is 0 Å². The smallest absolute Gasteiger partial charge is 0.388 e. The molecule has 7 nitrogen and oxygen atoms in total. The summed E-state index contributed by atoms with van der Waals surface area (Å²) in [6, 6.07) is 0. The molecule has 0 spiro atoms. The van der Waals surface area contributed by atoms with E-state index in [0.717, 1.165) is 0 Å². The van der Waals surface area contributed by atoms with E-state index in [0.29, 0.717) is 0 Å². The third-order valence-electron chi connectivity index (χ3n) is 1.98. The minimum Gasteiger partial charge on any atom is -0.388 e. The van der Waals surface area contributed by atoms with Crippen LogP contribution in [0.15, 0.2) is 0 Å². The lowest BCUT2D eigenvalue weighted by atomic mass is 10.0. The van der Waals surface area contributed by atoms with Gasteiger partial charge >= 0.3 is 10.4 Å². The van der Waals surface area contributed by atoms with Gasteiger partial charge in [0.05, 0.1) is 12.7 Å². The molecule has 8 heteroatoms. The molecular formula is C6H12O7S. The van der Waals surface area contributed by atoms with Gasteiger partial charge in [0.1, 0.15) is 18.3 Å². The molecule has 0 aliphatic carbocycles. The zero-order chi connectivity index (χ0) is 10.9. The first-order chi connectivity index (χ1) is 6.31. The Morgan fingerprint density at radius 1 is 1.36 bits per heavy atom. The van der Waals surface area contributed by atoms with Crippen LogP contribution in [-0.2, 0) is 19.3 Å². The molecule has 1 aliphatic heterocycles. The Balaban J connectivity index is 2.64. The molecule has 0 saturated carbocycles. The Hall–Kier alpha value is -0.250. The first-order valence-electron chi connectivity index (χ1n) is 3.94. The lowest BCUT2D eigenvalue weighted by molar-refractivity contribution is -0.174. The van der Waals surface area contributed by atoms with Crippen molar-refractivity contribution < 1.29 is 32.1 Å². The van der Waals surface area contributed by atoms with Gasteiger partial charge in [-0.15, -0.1) is 0 Å². The maximum atomic E-state index is 10.3. The van der Waals surface area contributed by atoms with Crippen molar-refractivity contribution in [1.29, 1.82) is 0 Å². The normalized spacial score (nSPS) is 39.7. The molecule has 1 heterocycles. The van der Waals surface area contributed by atoms with Crippen molar-refractivity contribution in [3.05, 3.63) is 0 Å². The molecule has 1 aliphatic rings. The second-order valence-electron chi connectivity index (χ2n) is 3.08. The maximum absolute atomic E-state index is 10.3. The predicted molar refractivity (Wildman–Crippen MR) is 43.8 cm³/mol. The summed E-state index contributed by atoms with van der Waals surface area (Å²) in [7, 11) is -4.65. The highest BCUT2D eigenvalue weighted by molar-refractivity contribution is 7.80. The van der Waals surface area contributed by atoms with Gasteiger partial charge in [0.15, 0.2) is 0 Å². The van der Waals surface area contributed by atoms with Gasteiger partial charge in [-0.3, -0.25) is 4.55 Å². The number of ether oxygens (including phenoxy) is 1. The van der Waals surface area contributed by atoms with E-state index < -0.39 is 34.8 Å². The molecule has 4 atom stereocenters. The zero-order valence-corrected chi connectivity index (χ0v) is 8.22. The van der Waals surface area contributed by atoms with Crippen LogP contribution in [0.1, 0.15) is 6.92 Å². The van der Waals surface area contributed by atoms with Gasteiger partial charge in [-0.1, -0.05) is 0 Å². The van der Waals surface area contributed by atoms with Crippen molar-refractivity contribution in [2.24, 2.45) is 0 Å². The molecule has 0 aromatic rings. The monoisotopic (exact) mass is 228 g/mol. The second kappa shape index (κ2) is 4.09. The van der Waals surface area contributed by atoms with Crippen molar-refractivity contribution >= 4 is 10.4 Å². The number of aliphatic hydroxyl groups is 2. The van der Waals surface area contributed by atoms with Crippen molar-refractivity contribution in [1.82, 2.24) is 0 Å². The van der Waals surface area contributed by atoms with E-state index in [2.05, 4.69) is 4.18 Å². The summed E-state index contributed by atoms with van der Waals surface area (Å²) >= 11 is 0. The second-order valence-corrected chi connectivity index (χ2v) is 4.13. The van der Waals surface area contributed by atoms with Gasteiger partial charge in [0.25, 0.3) is 0 Å². The summed E-state index contributed by atoms with van der Waals surface area (Å²) in [5, 5.41) is 18.6. The third kappa shape index (κ3) is 2.87. The van der Waals surface area contributed by atoms with Crippen LogP contribution in [0.2, 0.25) is 0 Å². The Morgan fingerprint density at radius 3 is 2.43 bits per heavy atom. The van der Waals surface area contributed by atoms with Gasteiger partial charge in [-0.25, -0.2) is 4.18 Å². The Morgan fingerprint density at radius 2 is 1.93 bits per heavy atom. The number of rotatable bonds is 2. The molecule has 0 aromatic heterocycles. The molecule has 0 amide bonds. The molecular weight excluding hydrogens is 216 g/mol. The SMILES string of the molecule is C[C@H]1OC[C@H](OS(=O)(=O)O)[C@@H](O)[C@H]1O. The lowest BCUT2D eigenvalue weighted by Crippen LogP contribution is -2.53. The van der Waals surface area contributed by atoms with E-state index >= 15 is 0 Å². The van der Waals surface area contributed by atoms with Gasteiger partial charge < -0.3 is 14.9 Å². The summed E-state index contributed by atoms with van der Waals surface area (Å²) in [5.74, 6) is 0. The zero-order valence-electron chi connectivity index (χ0n) is 7.40. The summed E-state index contributed by atoms with van der Waals surface area (Å²) in [4.78, 5) is 0. The van der Waals surface area contributed by atoms with E-state index in [1.165, 1.54) is 6.92 Å². The highest BCUT2D eigenvalue weighted by atomic mass is 32.3. The molecule has 1 saturated heterocycles. The minimum absolute atomic E-state index is 0.209. The van der Waals surface area contributed by atoms with Gasteiger partial charge in [0, 0.05) is 0 Å². The van der Waals surface area contributed by atoms with Crippen LogP contribution in [-0.4, -0.2) is 54.2 Å². The Kier molecular flexibility index (Phi) is 3.45. The van der Waals surface area contributed by atoms with E-state index in [9.17, 15) is 18.6 Å². The van der Waals surface area contributed by atoms with Crippen LogP contribution in [0.4, 0.5) is 0 Å². The van der Waals surface area contributed by atoms with Crippen LogP contribution in [0, 0.1) is 0 Å². The lowest BCUT2D eigenvalue weighted by Gasteiger charge is -2.34. The van der Waals surface area contributed by atoms with Crippen LogP contribution >= 0.6 is 0 Å². The topological polar surface area (TPSA) is 113 Å². The molecule has 0 bridgehead atoms. The summed E-state index contributed by atoms with van der Waals surface area (Å²) in [6.45, 7) is 1.32. The molecule has 3 N–H and O–H groups in total. The fraction of sp³-hybridized carbons (Fsp3) is 1.00. The van der Waals surface area contributed by atoms with E-state index in [1.54, 1.807) is 0 Å². The van der Waals surface area contributed by atoms with Crippen LogP contribution in [0.3, 0.4) is 0 Å². The average Bonchev–Trinajstić information content (AvgIpc) is 2.04. The molecule has 1 fully saturated rings. The summed E-state index contributed by atoms with van der Waals surface area (Å²) < 4.78 is 38.0. The maximum Gasteiger partial charge on any atom is 0.397 e. The highest BCUT2D eigenvalue weighted by Gasteiger charge is 2.38. The Labute approximate surface area is 81.2 Å². The Bertz CT molecular complexity index is 287. The van der Waals surface area contributed by atoms with Crippen molar-refractivity contribution in [3.63, 3.8) is 0 Å². The largest absolute Gasteiger partial charge is 0.397 e. The molecule has 1 rings (SSSR count). The summed E-state index contributed by atoms with van der Waals surface area (Å²) in [5.41, 5.74) is 0. The molecule has 0 aromatic carbocycles. The number of aliphatic hydroxyl groups excluding tert-OH is 2. The summed E-state index contributed by atoms with van der Waals surface area (Å²) in [6.07, 6.45) is -4.53. The predicted octanol–water partition coefficient (Wildman–Crippen LogP) is -1.69. The molecule has 84 valence electrons. The quantitative estimate of drug-likeness (QED) is 0.483. The van der Waals surface area contributed by atoms with Gasteiger partial charge in [-0.05, 0) is 6.92 Å². The van der Waals surface area contributed by atoms with E-state index in [-0.39, 0.29) is 6.61 Å². The van der Waals surface area contributed by atoms with Crippen molar-refractivity contribution in [3.8, 4) is 0 Å². The first kappa shape index (κ1) is 11.8. The van der Waals surface area contributed by atoms with Gasteiger partial charge in [0.2, 0.25) is 0 Å². The van der Waals surface area contributed by atoms with Gasteiger partial charge in [-0.2, -0.15) is 8.42 Å². The standard InChI is InChI=1S/C6H12O7S/c1-3-5(7)6(8)4(2-12-3)13-14(9,10)11/h3-8H,2H2,1H3,(H,9,10,11)/t3-,4+,5+,6-/m1/s1. The van der Waals surface area contributed by atoms with Crippen LogP contribution in [0.5, 0.6) is 0 Å². The number of hydrogen-bond donors (Lipinski definition) is 3. The molecule has 14 heavy (non-hydrogen) atoms. The first-order valence-corrected chi connectivity index (χ1v) is 5.31. The average molecular weight is 228 g/mol. The van der Waals surface area contributed by atoms with Crippen LogP contribution < -0.4 is 0 Å². The fourth-order valence-corrected chi connectivity index (χ4v) is 1.66. The minimum atomic E-state index is -4.65. The number of hydrogen-bond acceptors (Lipinski definition) is 6. The third-order valence-corrected chi connectivity index (χ3v) is 2.47. The van der Waals surface area contributed by atoms with E-state index in [4.69, 9.17) is 9.29 Å². The highest BCUT2D eigenvalue weighted by Crippen LogP contribution is 2.18.